The van der Waals surface area contributed by atoms with Crippen LogP contribution in [-0.2, 0) is 16.6 Å². The molecule has 104 valence electrons. The van der Waals surface area contributed by atoms with E-state index in [1.807, 2.05) is 0 Å². The van der Waals surface area contributed by atoms with Crippen LogP contribution in [0.5, 0.6) is 0 Å². The molecule has 7 heteroatoms. The van der Waals surface area contributed by atoms with Crippen molar-refractivity contribution in [3.63, 3.8) is 0 Å². The number of carbonyl (C=O) groups excluding carboxylic acids is 2. The van der Waals surface area contributed by atoms with Gasteiger partial charge in [0.15, 0.2) is 5.60 Å². The van der Waals surface area contributed by atoms with Crippen LogP contribution in [0.2, 0.25) is 0 Å². The highest BCUT2D eigenvalue weighted by molar-refractivity contribution is 5.93. The van der Waals surface area contributed by atoms with Crippen LogP contribution in [0.4, 0.5) is 0 Å². The molecule has 2 rings (SSSR count). The molecule has 7 nitrogen and oxygen atoms in total. The molecule has 1 saturated heterocycles. The van der Waals surface area contributed by atoms with Gasteiger partial charge in [0.1, 0.15) is 5.69 Å². The zero-order chi connectivity index (χ0) is 14.0. The van der Waals surface area contributed by atoms with E-state index in [9.17, 15) is 9.59 Å². The van der Waals surface area contributed by atoms with E-state index in [-0.39, 0.29) is 18.4 Å². The van der Waals surface area contributed by atoms with Crippen LogP contribution in [0.3, 0.4) is 0 Å². The van der Waals surface area contributed by atoms with Crippen LogP contribution in [0, 0.1) is 0 Å². The number of nitrogens with one attached hydrogen (secondary N) is 1. The molecule has 1 aromatic heterocycles. The number of ether oxygens (including phenoxy) is 1. The number of hydrogen-bond acceptors (Lipinski definition) is 4. The Morgan fingerprint density at radius 2 is 2.26 bits per heavy atom. The predicted octanol–water partition coefficient (Wildman–Crippen LogP) is -0.603. The lowest BCUT2D eigenvalue weighted by Gasteiger charge is -2.38. The fraction of sp³-hybridized carbons (Fsp3) is 0.583. The molecule has 0 bridgehead atoms. The molecule has 0 spiro atoms. The highest BCUT2D eigenvalue weighted by Gasteiger charge is 2.40. The van der Waals surface area contributed by atoms with Crippen molar-refractivity contribution in [3.05, 3.63) is 18.0 Å². The summed E-state index contributed by atoms with van der Waals surface area (Å²) in [7, 11) is 3.27. The van der Waals surface area contributed by atoms with E-state index in [1.54, 1.807) is 38.2 Å². The summed E-state index contributed by atoms with van der Waals surface area (Å²) >= 11 is 0. The molecule has 1 atom stereocenters. The maximum atomic E-state index is 12.4. The van der Waals surface area contributed by atoms with Crippen LogP contribution < -0.4 is 5.32 Å². The monoisotopic (exact) mass is 266 g/mol. The molecule has 19 heavy (non-hydrogen) atoms. The lowest BCUT2D eigenvalue weighted by molar-refractivity contribution is -0.153. The quantitative estimate of drug-likeness (QED) is 0.775. The van der Waals surface area contributed by atoms with Gasteiger partial charge in [-0.05, 0) is 13.0 Å². The normalized spacial score (nSPS) is 23.2. The van der Waals surface area contributed by atoms with Gasteiger partial charge >= 0.3 is 0 Å². The van der Waals surface area contributed by atoms with Crippen molar-refractivity contribution in [2.75, 3.05) is 26.7 Å². The van der Waals surface area contributed by atoms with Gasteiger partial charge in [0.2, 0.25) is 0 Å². The largest absolute Gasteiger partial charge is 0.362 e. The van der Waals surface area contributed by atoms with Crippen molar-refractivity contribution >= 4 is 11.8 Å². The van der Waals surface area contributed by atoms with Crippen LogP contribution >= 0.6 is 0 Å². The summed E-state index contributed by atoms with van der Waals surface area (Å²) in [4.78, 5) is 25.8. The third kappa shape index (κ3) is 2.46. The Labute approximate surface area is 111 Å². The SMILES string of the molecule is CNC(=O)C1(C)CN(C(=O)c2ccnn2C)CCO1. The van der Waals surface area contributed by atoms with E-state index >= 15 is 0 Å². The Balaban J connectivity index is 2.16. The second-order valence-corrected chi connectivity index (χ2v) is 4.73. The third-order valence-corrected chi connectivity index (χ3v) is 3.31. The van der Waals surface area contributed by atoms with E-state index in [0.717, 1.165) is 0 Å². The molecular formula is C12H18N4O3. The van der Waals surface area contributed by atoms with Crippen molar-refractivity contribution < 1.29 is 14.3 Å². The summed E-state index contributed by atoms with van der Waals surface area (Å²) in [6, 6.07) is 1.66. The molecule has 0 aliphatic carbocycles. The fourth-order valence-corrected chi connectivity index (χ4v) is 2.19. The summed E-state index contributed by atoms with van der Waals surface area (Å²) in [5.41, 5.74) is -0.498. The first kappa shape index (κ1) is 13.5. The van der Waals surface area contributed by atoms with Gasteiger partial charge in [0.25, 0.3) is 11.8 Å². The molecule has 1 unspecified atom stereocenters. The van der Waals surface area contributed by atoms with Crippen molar-refractivity contribution in [1.29, 1.82) is 0 Å². The number of morpholine rings is 1. The molecule has 1 aliphatic heterocycles. The second kappa shape index (κ2) is 5.00. The average Bonchev–Trinajstić information content (AvgIpc) is 2.83. The Bertz CT molecular complexity index is 499. The summed E-state index contributed by atoms with van der Waals surface area (Å²) < 4.78 is 7.04. The van der Waals surface area contributed by atoms with E-state index in [2.05, 4.69) is 10.4 Å². The molecule has 1 N–H and O–H groups in total. The topological polar surface area (TPSA) is 76.5 Å². The minimum atomic E-state index is -0.999. The number of nitrogens with zero attached hydrogens (tertiary/aromatic N) is 3. The Kier molecular flexibility index (Phi) is 3.57. The summed E-state index contributed by atoms with van der Waals surface area (Å²) in [5.74, 6) is -0.367. The van der Waals surface area contributed by atoms with E-state index < -0.39 is 5.60 Å². The fourth-order valence-electron chi connectivity index (χ4n) is 2.19. The molecule has 0 aromatic carbocycles. The van der Waals surface area contributed by atoms with Crippen molar-refractivity contribution in [2.45, 2.75) is 12.5 Å². The molecule has 1 fully saturated rings. The summed E-state index contributed by atoms with van der Waals surface area (Å²) in [6.07, 6.45) is 1.58. The number of rotatable bonds is 2. The van der Waals surface area contributed by atoms with Gasteiger partial charge in [-0.25, -0.2) is 0 Å². The van der Waals surface area contributed by atoms with E-state index in [1.165, 1.54) is 4.68 Å². The van der Waals surface area contributed by atoms with E-state index in [4.69, 9.17) is 4.74 Å². The smallest absolute Gasteiger partial charge is 0.272 e. The van der Waals surface area contributed by atoms with Gasteiger partial charge in [-0.2, -0.15) is 5.10 Å². The number of likely N-dealkylation sites (N-methyl/N-ethyl adjacent to an activating group) is 1. The highest BCUT2D eigenvalue weighted by atomic mass is 16.5. The molecule has 2 heterocycles. The van der Waals surface area contributed by atoms with Crippen molar-refractivity contribution in [3.8, 4) is 0 Å². The van der Waals surface area contributed by atoms with Gasteiger partial charge in [0, 0.05) is 26.8 Å². The first-order valence-corrected chi connectivity index (χ1v) is 6.11. The third-order valence-electron chi connectivity index (χ3n) is 3.31. The van der Waals surface area contributed by atoms with Crippen LogP contribution in [0.25, 0.3) is 0 Å². The number of carbonyl (C=O) groups is 2. The maximum Gasteiger partial charge on any atom is 0.272 e. The summed E-state index contributed by atoms with van der Waals surface area (Å²) in [5, 5.41) is 6.54. The summed E-state index contributed by atoms with van der Waals surface area (Å²) in [6.45, 7) is 2.73. The van der Waals surface area contributed by atoms with Gasteiger partial charge in [0.05, 0.1) is 13.2 Å². The van der Waals surface area contributed by atoms with E-state index in [0.29, 0.717) is 18.8 Å². The predicted molar refractivity (Wildman–Crippen MR) is 67.5 cm³/mol. The standard InChI is InChI=1S/C12H18N4O3/c1-12(11(18)13-2)8-16(6-7-19-12)10(17)9-4-5-14-15(9)3/h4-5H,6-8H2,1-3H3,(H,13,18). The van der Waals surface area contributed by atoms with Crippen LogP contribution in [0.1, 0.15) is 17.4 Å². The zero-order valence-electron chi connectivity index (χ0n) is 11.3. The zero-order valence-corrected chi connectivity index (χ0v) is 11.3. The molecule has 0 saturated carbocycles. The van der Waals surface area contributed by atoms with Gasteiger partial charge in [-0.3, -0.25) is 14.3 Å². The number of aryl methyl sites for hydroxylation is 1. The Hall–Kier alpha value is -1.89. The first-order valence-electron chi connectivity index (χ1n) is 6.11. The first-order chi connectivity index (χ1) is 8.98. The molecule has 2 amide bonds. The van der Waals surface area contributed by atoms with Crippen molar-refractivity contribution in [1.82, 2.24) is 20.0 Å². The lowest BCUT2D eigenvalue weighted by Crippen LogP contribution is -2.59. The molecule has 0 radical (unpaired) electrons. The molecular weight excluding hydrogens is 248 g/mol. The number of aromatic nitrogens is 2. The number of hydrogen-bond donors (Lipinski definition) is 1. The van der Waals surface area contributed by atoms with Crippen LogP contribution in [-0.4, -0.2) is 58.8 Å². The lowest BCUT2D eigenvalue weighted by atomic mass is 10.0. The number of amides is 2. The van der Waals surface area contributed by atoms with Gasteiger partial charge < -0.3 is 15.0 Å². The second-order valence-electron chi connectivity index (χ2n) is 4.73. The highest BCUT2D eigenvalue weighted by Crippen LogP contribution is 2.19. The van der Waals surface area contributed by atoms with Crippen molar-refractivity contribution in [2.24, 2.45) is 7.05 Å². The van der Waals surface area contributed by atoms with Gasteiger partial charge in [-0.1, -0.05) is 0 Å². The maximum absolute atomic E-state index is 12.4. The Morgan fingerprint density at radius 1 is 1.53 bits per heavy atom. The Morgan fingerprint density at radius 3 is 2.84 bits per heavy atom. The average molecular weight is 266 g/mol. The minimum absolute atomic E-state index is 0.140. The molecule has 1 aliphatic rings. The van der Waals surface area contributed by atoms with Gasteiger partial charge in [-0.15, -0.1) is 0 Å². The minimum Gasteiger partial charge on any atom is -0.362 e. The van der Waals surface area contributed by atoms with Crippen LogP contribution in [0.15, 0.2) is 12.3 Å². The molecule has 1 aromatic rings.